The van der Waals surface area contributed by atoms with E-state index in [-0.39, 0.29) is 0 Å². The van der Waals surface area contributed by atoms with Crippen molar-refractivity contribution in [2.24, 2.45) is 0 Å². The topological polar surface area (TPSA) is 6.48 Å². The molecule has 0 aliphatic rings. The van der Waals surface area contributed by atoms with Gasteiger partial charge in [-0.1, -0.05) is 206 Å². The summed E-state index contributed by atoms with van der Waals surface area (Å²) < 4.78 is 0. The number of nitrogens with zero attached hydrogens (tertiary/aromatic N) is 2. The van der Waals surface area contributed by atoms with Gasteiger partial charge in [0.05, 0.1) is 11.4 Å². The van der Waals surface area contributed by atoms with Crippen LogP contribution in [-0.2, 0) is 0 Å². The number of benzene rings is 12. The maximum Gasteiger partial charge on any atom is 0.0540 e. The van der Waals surface area contributed by atoms with Gasteiger partial charge in [-0.2, -0.15) is 0 Å². The molecule has 0 N–H and O–H groups in total. The molecule has 0 aliphatic carbocycles. The number of hydrogen-bond acceptors (Lipinski definition) is 2. The fourth-order valence-corrected chi connectivity index (χ4v) is 10.1. The Hall–Kier alpha value is -8.72. The van der Waals surface area contributed by atoms with E-state index in [0.29, 0.717) is 0 Å². The molecule has 0 amide bonds. The molecule has 0 bridgehead atoms. The summed E-state index contributed by atoms with van der Waals surface area (Å²) in [5.41, 5.74) is 14.1. The molecule has 0 unspecified atom stereocenters. The van der Waals surface area contributed by atoms with Gasteiger partial charge in [0.2, 0.25) is 0 Å². The minimum Gasteiger partial charge on any atom is -0.310 e. The first-order valence-corrected chi connectivity index (χ1v) is 22.7. The standard InChI is InChI=1S/C64H44N2/c1-5-21-45(22-6-1)65(46-23-7-2-8-24-46)63-43-41-59(55-31-15-17-33-61(55)63)54-38-20-35-51-52(54)36-19-37-53(51)57-39-40-58(50-30-14-13-29-49(50)57)60-42-44-64(62-34-18-16-32-56(60)62)66(47-25-9-3-10-26-47)48-27-11-4-12-28-48/h1-44H. The van der Waals surface area contributed by atoms with E-state index in [0.717, 1.165) is 34.1 Å². The van der Waals surface area contributed by atoms with E-state index in [9.17, 15) is 0 Å². The molecule has 0 aromatic heterocycles. The average molecular weight is 841 g/mol. The van der Waals surface area contributed by atoms with Crippen LogP contribution in [0.5, 0.6) is 0 Å². The number of fused-ring (bicyclic) bond motifs is 4. The third-order valence-electron chi connectivity index (χ3n) is 13.1. The number of para-hydroxylation sites is 4. The van der Waals surface area contributed by atoms with Gasteiger partial charge < -0.3 is 9.80 Å². The highest BCUT2D eigenvalue weighted by atomic mass is 15.1. The van der Waals surface area contributed by atoms with Crippen molar-refractivity contribution in [2.75, 3.05) is 9.80 Å². The molecular formula is C64H44N2. The summed E-state index contributed by atoms with van der Waals surface area (Å²) in [6.07, 6.45) is 0. The third kappa shape index (κ3) is 6.75. The lowest BCUT2D eigenvalue weighted by atomic mass is 9.87. The smallest absolute Gasteiger partial charge is 0.0540 e. The zero-order chi connectivity index (χ0) is 43.8. The van der Waals surface area contributed by atoms with Crippen molar-refractivity contribution in [1.29, 1.82) is 0 Å². The molecule has 310 valence electrons. The Kier molecular flexibility index (Phi) is 9.89. The van der Waals surface area contributed by atoms with Crippen molar-refractivity contribution in [3.8, 4) is 33.4 Å². The summed E-state index contributed by atoms with van der Waals surface area (Å²) in [5.74, 6) is 0. The summed E-state index contributed by atoms with van der Waals surface area (Å²) in [6.45, 7) is 0. The highest BCUT2D eigenvalue weighted by Gasteiger charge is 2.21. The second-order valence-corrected chi connectivity index (χ2v) is 16.8. The molecule has 0 radical (unpaired) electrons. The van der Waals surface area contributed by atoms with Gasteiger partial charge in [0.15, 0.2) is 0 Å². The van der Waals surface area contributed by atoms with Gasteiger partial charge in [-0.25, -0.2) is 0 Å². The van der Waals surface area contributed by atoms with E-state index in [4.69, 9.17) is 0 Å². The van der Waals surface area contributed by atoms with E-state index in [1.54, 1.807) is 0 Å². The Labute approximate surface area is 385 Å². The molecule has 0 atom stereocenters. The van der Waals surface area contributed by atoms with E-state index < -0.39 is 0 Å². The fourth-order valence-electron chi connectivity index (χ4n) is 10.1. The van der Waals surface area contributed by atoms with Crippen molar-refractivity contribution < 1.29 is 0 Å². The summed E-state index contributed by atoms with van der Waals surface area (Å²) in [5, 5.41) is 9.75. The Balaban J connectivity index is 0.990. The van der Waals surface area contributed by atoms with E-state index >= 15 is 0 Å². The van der Waals surface area contributed by atoms with Crippen LogP contribution in [0.15, 0.2) is 267 Å². The first-order valence-electron chi connectivity index (χ1n) is 22.7. The van der Waals surface area contributed by atoms with Crippen LogP contribution in [0.4, 0.5) is 34.1 Å². The van der Waals surface area contributed by atoms with Crippen LogP contribution < -0.4 is 9.80 Å². The van der Waals surface area contributed by atoms with Crippen molar-refractivity contribution in [2.45, 2.75) is 0 Å². The highest BCUT2D eigenvalue weighted by molar-refractivity contribution is 6.17. The zero-order valence-electron chi connectivity index (χ0n) is 36.3. The largest absolute Gasteiger partial charge is 0.310 e. The minimum absolute atomic E-state index is 1.12. The SMILES string of the molecule is c1ccc(N(c2ccccc2)c2ccc(-c3cccc4c(-c5ccc(-c6ccc(N(c7ccccc7)c7ccccc7)c7ccccc67)c6ccccc56)cccc34)c3ccccc23)cc1. The van der Waals surface area contributed by atoms with Gasteiger partial charge in [-0.3, -0.25) is 0 Å². The van der Waals surface area contributed by atoms with Gasteiger partial charge in [0.1, 0.15) is 0 Å². The van der Waals surface area contributed by atoms with Gasteiger partial charge in [0, 0.05) is 33.5 Å². The van der Waals surface area contributed by atoms with Crippen molar-refractivity contribution in [1.82, 2.24) is 0 Å². The monoisotopic (exact) mass is 840 g/mol. The van der Waals surface area contributed by atoms with Crippen LogP contribution in [0.1, 0.15) is 0 Å². The number of anilines is 6. The molecule has 12 aromatic carbocycles. The average Bonchev–Trinajstić information content (AvgIpc) is 3.40. The summed E-state index contributed by atoms with van der Waals surface area (Å²) in [7, 11) is 0. The molecule has 0 heterocycles. The van der Waals surface area contributed by atoms with Gasteiger partial charge in [-0.05, 0) is 126 Å². The molecule has 12 aromatic rings. The quantitative estimate of drug-likeness (QED) is 0.143. The molecule has 0 saturated carbocycles. The summed E-state index contributed by atoms with van der Waals surface area (Å²) in [6, 6.07) is 96.8. The van der Waals surface area contributed by atoms with Crippen LogP contribution in [-0.4, -0.2) is 0 Å². The predicted molar refractivity (Wildman–Crippen MR) is 282 cm³/mol. The molecule has 0 saturated heterocycles. The Bertz CT molecular complexity index is 3420. The van der Waals surface area contributed by atoms with Crippen LogP contribution in [0.25, 0.3) is 76.5 Å². The molecular weight excluding hydrogens is 797 g/mol. The molecule has 66 heavy (non-hydrogen) atoms. The Morgan fingerprint density at radius 1 is 0.152 bits per heavy atom. The zero-order valence-corrected chi connectivity index (χ0v) is 36.3. The fraction of sp³-hybridized carbons (Fsp3) is 0. The lowest BCUT2D eigenvalue weighted by Gasteiger charge is -2.27. The summed E-state index contributed by atoms with van der Waals surface area (Å²) >= 11 is 0. The van der Waals surface area contributed by atoms with E-state index in [2.05, 4.69) is 277 Å². The van der Waals surface area contributed by atoms with E-state index in [1.807, 2.05) is 0 Å². The number of rotatable bonds is 9. The van der Waals surface area contributed by atoms with Crippen LogP contribution >= 0.6 is 0 Å². The van der Waals surface area contributed by atoms with Crippen LogP contribution in [0, 0.1) is 0 Å². The van der Waals surface area contributed by atoms with Gasteiger partial charge >= 0.3 is 0 Å². The summed E-state index contributed by atoms with van der Waals surface area (Å²) in [4.78, 5) is 4.73. The van der Waals surface area contributed by atoms with E-state index in [1.165, 1.54) is 76.5 Å². The van der Waals surface area contributed by atoms with Crippen molar-refractivity contribution in [3.63, 3.8) is 0 Å². The first kappa shape index (κ1) is 38.9. The normalized spacial score (nSPS) is 11.3. The maximum absolute atomic E-state index is 2.36. The molecule has 2 nitrogen and oxygen atoms in total. The minimum atomic E-state index is 1.12. The lowest BCUT2D eigenvalue weighted by Crippen LogP contribution is -2.10. The Morgan fingerprint density at radius 3 is 0.667 bits per heavy atom. The second kappa shape index (κ2) is 16.8. The van der Waals surface area contributed by atoms with Crippen LogP contribution in [0.2, 0.25) is 0 Å². The van der Waals surface area contributed by atoms with Crippen molar-refractivity contribution in [3.05, 3.63) is 267 Å². The Morgan fingerprint density at radius 2 is 0.364 bits per heavy atom. The third-order valence-corrected chi connectivity index (χ3v) is 13.1. The van der Waals surface area contributed by atoms with Crippen LogP contribution in [0.3, 0.4) is 0 Å². The lowest BCUT2D eigenvalue weighted by molar-refractivity contribution is 1.30. The molecule has 0 spiro atoms. The molecule has 0 aliphatic heterocycles. The molecule has 12 rings (SSSR count). The predicted octanol–water partition coefficient (Wildman–Crippen LogP) is 18.2. The molecule has 2 heteroatoms. The highest BCUT2D eigenvalue weighted by Crippen LogP contribution is 2.47. The molecule has 0 fully saturated rings. The maximum atomic E-state index is 2.36. The van der Waals surface area contributed by atoms with Gasteiger partial charge in [0.25, 0.3) is 0 Å². The first-order chi connectivity index (χ1) is 32.8. The van der Waals surface area contributed by atoms with Gasteiger partial charge in [-0.15, -0.1) is 0 Å². The second-order valence-electron chi connectivity index (χ2n) is 16.8. The van der Waals surface area contributed by atoms with Crippen molar-refractivity contribution >= 4 is 77.2 Å². The number of hydrogen-bond donors (Lipinski definition) is 0.